The largest absolute Gasteiger partial charge is 0.468 e. The number of carbonyl (C=O) groups excluding carboxylic acids is 2. The van der Waals surface area contributed by atoms with E-state index in [0.29, 0.717) is 12.8 Å². The summed E-state index contributed by atoms with van der Waals surface area (Å²) in [5.74, 6) is -0.724. The third-order valence-electron chi connectivity index (χ3n) is 2.90. The van der Waals surface area contributed by atoms with Gasteiger partial charge in [-0.2, -0.15) is 0 Å². The molecule has 5 heteroatoms. The normalized spacial score (nSPS) is 25.7. The zero-order chi connectivity index (χ0) is 13.2. The van der Waals surface area contributed by atoms with Crippen LogP contribution < -0.4 is 5.73 Å². The molecule has 17 heavy (non-hydrogen) atoms. The smallest absolute Gasteiger partial charge is 0.322 e. The maximum Gasteiger partial charge on any atom is 0.322 e. The minimum Gasteiger partial charge on any atom is -0.468 e. The fourth-order valence-electron chi connectivity index (χ4n) is 1.86. The predicted molar refractivity (Wildman–Crippen MR) is 62.1 cm³/mol. The first-order chi connectivity index (χ1) is 7.74. The molecule has 0 saturated heterocycles. The van der Waals surface area contributed by atoms with Crippen molar-refractivity contribution in [2.75, 3.05) is 7.11 Å². The average molecular weight is 243 g/mol. The molecule has 98 valence electrons. The van der Waals surface area contributed by atoms with Crippen LogP contribution in [0.1, 0.15) is 33.6 Å². The van der Waals surface area contributed by atoms with Crippen LogP contribution in [0.2, 0.25) is 0 Å². The van der Waals surface area contributed by atoms with Gasteiger partial charge in [0, 0.05) is 0 Å². The number of methoxy groups -OCH3 is 1. The molecule has 0 aromatic rings. The first-order valence-corrected chi connectivity index (χ1v) is 5.81. The summed E-state index contributed by atoms with van der Waals surface area (Å²) >= 11 is 0. The highest BCUT2D eigenvalue weighted by atomic mass is 16.6. The first-order valence-electron chi connectivity index (χ1n) is 5.81. The highest BCUT2D eigenvalue weighted by Crippen LogP contribution is 2.37. The van der Waals surface area contributed by atoms with Gasteiger partial charge in [0.05, 0.1) is 13.0 Å². The molecule has 0 aromatic carbocycles. The van der Waals surface area contributed by atoms with E-state index in [4.69, 9.17) is 10.5 Å². The van der Waals surface area contributed by atoms with Gasteiger partial charge >= 0.3 is 11.9 Å². The molecule has 1 aliphatic carbocycles. The Labute approximate surface area is 102 Å². The monoisotopic (exact) mass is 243 g/mol. The van der Waals surface area contributed by atoms with Crippen LogP contribution >= 0.6 is 0 Å². The molecule has 1 aliphatic rings. The highest BCUT2D eigenvalue weighted by molar-refractivity contribution is 5.78. The van der Waals surface area contributed by atoms with E-state index in [1.54, 1.807) is 0 Å². The van der Waals surface area contributed by atoms with Crippen LogP contribution in [0.15, 0.2) is 0 Å². The molecule has 1 fully saturated rings. The van der Waals surface area contributed by atoms with E-state index in [9.17, 15) is 9.59 Å². The van der Waals surface area contributed by atoms with Gasteiger partial charge in [0.15, 0.2) is 0 Å². The number of rotatable bonds is 3. The van der Waals surface area contributed by atoms with Crippen LogP contribution in [0.25, 0.3) is 0 Å². The van der Waals surface area contributed by atoms with Crippen molar-refractivity contribution in [3.63, 3.8) is 0 Å². The maximum atomic E-state index is 11.7. The molecular weight excluding hydrogens is 222 g/mol. The minimum atomic E-state index is -0.626. The van der Waals surface area contributed by atoms with E-state index < -0.39 is 17.6 Å². The summed E-state index contributed by atoms with van der Waals surface area (Å²) in [5, 5.41) is 0. The molecule has 1 unspecified atom stereocenters. The molecular formula is C12H21NO4. The Hall–Kier alpha value is -1.10. The SMILES string of the molecule is COC(=O)C(N)C1CC(C(=O)OC(C)(C)C)C1. The Morgan fingerprint density at radius 3 is 2.24 bits per heavy atom. The van der Waals surface area contributed by atoms with Crippen molar-refractivity contribution in [2.24, 2.45) is 17.6 Å². The quantitative estimate of drug-likeness (QED) is 0.743. The summed E-state index contributed by atoms with van der Waals surface area (Å²) < 4.78 is 9.83. The van der Waals surface area contributed by atoms with Crippen molar-refractivity contribution in [1.29, 1.82) is 0 Å². The van der Waals surface area contributed by atoms with Crippen molar-refractivity contribution in [2.45, 2.75) is 45.3 Å². The van der Waals surface area contributed by atoms with E-state index in [-0.39, 0.29) is 17.8 Å². The molecule has 5 nitrogen and oxygen atoms in total. The molecule has 1 saturated carbocycles. The van der Waals surface area contributed by atoms with E-state index in [1.165, 1.54) is 7.11 Å². The lowest BCUT2D eigenvalue weighted by atomic mass is 9.71. The van der Waals surface area contributed by atoms with Gasteiger partial charge in [-0.1, -0.05) is 0 Å². The average Bonchev–Trinajstić information content (AvgIpc) is 2.10. The number of hydrogen-bond donors (Lipinski definition) is 1. The Morgan fingerprint density at radius 1 is 1.29 bits per heavy atom. The third-order valence-corrected chi connectivity index (χ3v) is 2.90. The van der Waals surface area contributed by atoms with Crippen molar-refractivity contribution < 1.29 is 19.1 Å². The van der Waals surface area contributed by atoms with Crippen molar-refractivity contribution in [3.8, 4) is 0 Å². The second kappa shape index (κ2) is 5.04. The highest BCUT2D eigenvalue weighted by Gasteiger charge is 2.42. The predicted octanol–water partition coefficient (Wildman–Crippen LogP) is 0.855. The number of hydrogen-bond acceptors (Lipinski definition) is 5. The van der Waals surface area contributed by atoms with Crippen LogP contribution in [0.3, 0.4) is 0 Å². The Kier molecular flexibility index (Phi) is 4.14. The molecule has 0 aromatic heterocycles. The number of nitrogens with two attached hydrogens (primary N) is 1. The molecule has 0 heterocycles. The zero-order valence-electron chi connectivity index (χ0n) is 10.9. The molecule has 1 rings (SSSR count). The fraction of sp³-hybridized carbons (Fsp3) is 0.833. The van der Waals surface area contributed by atoms with Crippen molar-refractivity contribution >= 4 is 11.9 Å². The van der Waals surface area contributed by atoms with Gasteiger partial charge in [0.1, 0.15) is 11.6 Å². The van der Waals surface area contributed by atoms with E-state index in [2.05, 4.69) is 4.74 Å². The summed E-state index contributed by atoms with van der Waals surface area (Å²) in [7, 11) is 1.31. The Bertz CT molecular complexity index is 302. The van der Waals surface area contributed by atoms with Gasteiger partial charge in [0.25, 0.3) is 0 Å². The Balaban J connectivity index is 2.37. The summed E-state index contributed by atoms with van der Waals surface area (Å²) in [4.78, 5) is 22.9. The maximum absolute atomic E-state index is 11.7. The molecule has 0 bridgehead atoms. The summed E-state index contributed by atoms with van der Waals surface area (Å²) in [6.45, 7) is 5.50. The van der Waals surface area contributed by atoms with Gasteiger partial charge in [-0.3, -0.25) is 9.59 Å². The number of ether oxygens (including phenoxy) is 2. The zero-order valence-corrected chi connectivity index (χ0v) is 10.9. The van der Waals surface area contributed by atoms with Gasteiger partial charge < -0.3 is 15.2 Å². The van der Waals surface area contributed by atoms with Crippen LogP contribution in [-0.2, 0) is 19.1 Å². The van der Waals surface area contributed by atoms with Gasteiger partial charge in [-0.05, 0) is 39.5 Å². The van der Waals surface area contributed by atoms with Crippen molar-refractivity contribution in [1.82, 2.24) is 0 Å². The van der Waals surface area contributed by atoms with Crippen LogP contribution in [0, 0.1) is 11.8 Å². The van der Waals surface area contributed by atoms with Crippen molar-refractivity contribution in [3.05, 3.63) is 0 Å². The molecule has 1 atom stereocenters. The minimum absolute atomic E-state index is 0.0277. The summed E-state index contributed by atoms with van der Waals surface area (Å²) in [6, 6.07) is -0.626. The molecule has 0 spiro atoms. The fourth-order valence-corrected chi connectivity index (χ4v) is 1.86. The summed E-state index contributed by atoms with van der Waals surface area (Å²) in [5.41, 5.74) is 5.23. The Morgan fingerprint density at radius 2 is 1.82 bits per heavy atom. The second-order valence-electron chi connectivity index (χ2n) is 5.51. The van der Waals surface area contributed by atoms with Gasteiger partial charge in [0.2, 0.25) is 0 Å². The molecule has 2 N–H and O–H groups in total. The topological polar surface area (TPSA) is 78.6 Å². The molecule has 0 amide bonds. The van der Waals surface area contributed by atoms with E-state index in [1.807, 2.05) is 20.8 Å². The number of carbonyl (C=O) groups is 2. The summed E-state index contributed by atoms with van der Waals surface area (Å²) in [6.07, 6.45) is 1.20. The van der Waals surface area contributed by atoms with Crippen LogP contribution in [-0.4, -0.2) is 30.7 Å². The van der Waals surface area contributed by atoms with E-state index in [0.717, 1.165) is 0 Å². The van der Waals surface area contributed by atoms with Gasteiger partial charge in [-0.25, -0.2) is 0 Å². The molecule has 0 aliphatic heterocycles. The second-order valence-corrected chi connectivity index (χ2v) is 5.51. The molecule has 0 radical (unpaired) electrons. The standard InChI is InChI=1S/C12H21NO4/c1-12(2,3)17-10(14)8-5-7(6-8)9(13)11(15)16-4/h7-9H,5-6,13H2,1-4H3. The van der Waals surface area contributed by atoms with Crippen LogP contribution in [0.4, 0.5) is 0 Å². The van der Waals surface area contributed by atoms with E-state index >= 15 is 0 Å². The third kappa shape index (κ3) is 3.70. The first kappa shape index (κ1) is 14.0. The van der Waals surface area contributed by atoms with Gasteiger partial charge in [-0.15, -0.1) is 0 Å². The lowest BCUT2D eigenvalue weighted by Crippen LogP contribution is -2.47. The lowest BCUT2D eigenvalue weighted by molar-refractivity contribution is -0.166. The number of esters is 2. The van der Waals surface area contributed by atoms with Crippen LogP contribution in [0.5, 0.6) is 0 Å². The lowest BCUT2D eigenvalue weighted by Gasteiger charge is -2.37.